The van der Waals surface area contributed by atoms with Crippen molar-refractivity contribution in [3.63, 3.8) is 0 Å². The van der Waals surface area contributed by atoms with Crippen LogP contribution in [0.15, 0.2) is 42.0 Å². The summed E-state index contributed by atoms with van der Waals surface area (Å²) in [5.41, 5.74) is 1.24. The van der Waals surface area contributed by atoms with Gasteiger partial charge in [-0.2, -0.15) is 8.78 Å². The van der Waals surface area contributed by atoms with Gasteiger partial charge in [-0.05, 0) is 49.5 Å². The molecule has 0 saturated heterocycles. The molecule has 0 radical (unpaired) electrons. The van der Waals surface area contributed by atoms with Crippen LogP contribution in [0.1, 0.15) is 86.3 Å². The molecule has 0 bridgehead atoms. The first-order valence-corrected chi connectivity index (χ1v) is 14.2. The Balaban J connectivity index is 1.36. The molecule has 2 aliphatic heterocycles. The van der Waals surface area contributed by atoms with Gasteiger partial charge in [-0.15, -0.1) is 0 Å². The van der Waals surface area contributed by atoms with Crippen molar-refractivity contribution < 1.29 is 36.2 Å². The lowest BCUT2D eigenvalue weighted by Crippen LogP contribution is -2.14. The minimum absolute atomic E-state index is 0.0404. The zero-order valence-corrected chi connectivity index (χ0v) is 23.5. The third-order valence-electron chi connectivity index (χ3n) is 7.41. The smallest absolute Gasteiger partial charge is 0.207 e. The molecule has 1 unspecified atom stereocenters. The first-order valence-electron chi connectivity index (χ1n) is 14.2. The molecule has 0 spiro atoms. The molecule has 5 rings (SSSR count). The average molecular weight is 583 g/mol. The first kappa shape index (κ1) is 29.7. The highest BCUT2D eigenvalue weighted by Gasteiger charge is 2.29. The summed E-state index contributed by atoms with van der Waals surface area (Å²) in [6, 6.07) is 7.03. The van der Waals surface area contributed by atoms with Crippen LogP contribution in [-0.4, -0.2) is 13.2 Å². The largest absolute Gasteiger partial charge is 0.490 e. The van der Waals surface area contributed by atoms with Gasteiger partial charge in [-0.3, -0.25) is 0 Å². The first-order chi connectivity index (χ1) is 20.3. The Morgan fingerprint density at radius 2 is 1.57 bits per heavy atom. The third-order valence-corrected chi connectivity index (χ3v) is 7.41. The van der Waals surface area contributed by atoms with Gasteiger partial charge < -0.3 is 14.2 Å². The number of benzene rings is 3. The van der Waals surface area contributed by atoms with Crippen LogP contribution in [0, 0.1) is 40.9 Å². The van der Waals surface area contributed by atoms with E-state index in [1.165, 1.54) is 24.3 Å². The fourth-order valence-corrected chi connectivity index (χ4v) is 5.10. The molecule has 3 aromatic carbocycles. The highest BCUT2D eigenvalue weighted by atomic mass is 19.2. The van der Waals surface area contributed by atoms with E-state index in [1.807, 2.05) is 13.0 Å². The summed E-state index contributed by atoms with van der Waals surface area (Å²) >= 11 is 0. The maximum absolute atomic E-state index is 15.0. The maximum Gasteiger partial charge on any atom is 0.207 e. The fourth-order valence-electron chi connectivity index (χ4n) is 5.10. The van der Waals surface area contributed by atoms with E-state index in [2.05, 4.69) is 18.8 Å². The van der Waals surface area contributed by atoms with Crippen molar-refractivity contribution in [2.45, 2.75) is 64.9 Å². The second-order valence-electron chi connectivity index (χ2n) is 10.5. The van der Waals surface area contributed by atoms with Crippen LogP contribution in [0.3, 0.4) is 0 Å². The predicted octanol–water partition coefficient (Wildman–Crippen LogP) is 9.24. The van der Waals surface area contributed by atoms with Crippen LogP contribution >= 0.6 is 0 Å². The molecule has 3 nitrogen and oxygen atoms in total. The molecule has 42 heavy (non-hydrogen) atoms. The normalized spacial score (nSPS) is 15.6. The van der Waals surface area contributed by atoms with E-state index in [-0.39, 0.29) is 46.8 Å². The second kappa shape index (κ2) is 13.0. The molecule has 1 atom stereocenters. The van der Waals surface area contributed by atoms with E-state index in [9.17, 15) is 13.2 Å². The van der Waals surface area contributed by atoms with Crippen LogP contribution < -0.4 is 9.47 Å². The van der Waals surface area contributed by atoms with Crippen LogP contribution in [0.25, 0.3) is 0 Å². The molecule has 8 heteroatoms. The Morgan fingerprint density at radius 1 is 0.810 bits per heavy atom. The predicted molar refractivity (Wildman–Crippen MR) is 149 cm³/mol. The Kier molecular flexibility index (Phi) is 9.18. The molecule has 0 N–H and O–H groups in total. The summed E-state index contributed by atoms with van der Waals surface area (Å²) < 4.78 is 91.6. The van der Waals surface area contributed by atoms with Gasteiger partial charge in [0.2, 0.25) is 11.6 Å². The topological polar surface area (TPSA) is 27.7 Å². The molecule has 220 valence electrons. The number of fused-ring (bicyclic) bond motifs is 2. The van der Waals surface area contributed by atoms with Crippen molar-refractivity contribution in [2.24, 2.45) is 0 Å². The summed E-state index contributed by atoms with van der Waals surface area (Å²) in [6.45, 7) is 4.66. The van der Waals surface area contributed by atoms with Gasteiger partial charge in [0.25, 0.3) is 0 Å². The molecule has 2 aliphatic rings. The minimum atomic E-state index is -1.35. The standard InChI is InChI=1S/C34H31F5O3/c1-3-5-6-7-20-8-14-26(41-19-20)25-13-11-21(28(35)30(25)37)9-10-22-17-24-18-23-12-15-27(40-16-4-2)31(38)33(23)42-34(24)32(39)29(22)36/h8,11-13,15,17,26H,3-7,14,16,18-19H2,1-2H3. The van der Waals surface area contributed by atoms with E-state index in [4.69, 9.17) is 14.2 Å². The Labute approximate surface area is 242 Å². The Hall–Kier alpha value is -3.83. The lowest BCUT2D eigenvalue weighted by Gasteiger charge is -2.24. The quantitative estimate of drug-likeness (QED) is 0.0897. The van der Waals surface area contributed by atoms with Gasteiger partial charge in [0.1, 0.15) is 0 Å². The van der Waals surface area contributed by atoms with Crippen molar-refractivity contribution >= 4 is 0 Å². The summed E-state index contributed by atoms with van der Waals surface area (Å²) in [4.78, 5) is 0. The van der Waals surface area contributed by atoms with Crippen LogP contribution in [-0.2, 0) is 11.2 Å². The summed E-state index contributed by atoms with van der Waals surface area (Å²) in [6.07, 6.45) is 6.79. The van der Waals surface area contributed by atoms with E-state index in [0.29, 0.717) is 25.0 Å². The number of rotatable bonds is 8. The zero-order chi connectivity index (χ0) is 29.8. The molecular weight excluding hydrogens is 551 g/mol. The summed E-state index contributed by atoms with van der Waals surface area (Å²) in [7, 11) is 0. The van der Waals surface area contributed by atoms with E-state index < -0.39 is 40.9 Å². The number of hydrogen-bond donors (Lipinski definition) is 0. The van der Waals surface area contributed by atoms with E-state index in [1.54, 1.807) is 6.07 Å². The molecule has 0 fully saturated rings. The van der Waals surface area contributed by atoms with Crippen molar-refractivity contribution in [3.05, 3.63) is 98.9 Å². The van der Waals surface area contributed by atoms with Crippen molar-refractivity contribution in [1.82, 2.24) is 0 Å². The number of unbranched alkanes of at least 4 members (excludes halogenated alkanes) is 2. The highest BCUT2D eigenvalue weighted by molar-refractivity contribution is 5.57. The Morgan fingerprint density at radius 3 is 2.31 bits per heavy atom. The van der Waals surface area contributed by atoms with E-state index in [0.717, 1.165) is 31.3 Å². The van der Waals surface area contributed by atoms with Crippen LogP contribution in [0.5, 0.6) is 17.2 Å². The molecule has 0 saturated carbocycles. The van der Waals surface area contributed by atoms with Gasteiger partial charge >= 0.3 is 0 Å². The van der Waals surface area contributed by atoms with Crippen molar-refractivity contribution in [1.29, 1.82) is 0 Å². The van der Waals surface area contributed by atoms with E-state index >= 15 is 8.78 Å². The number of ether oxygens (including phenoxy) is 3. The second-order valence-corrected chi connectivity index (χ2v) is 10.5. The third kappa shape index (κ3) is 6.03. The average Bonchev–Trinajstić information content (AvgIpc) is 3.00. The molecule has 0 aliphatic carbocycles. The lowest BCUT2D eigenvalue weighted by molar-refractivity contribution is 0.0567. The molecular formula is C34H31F5O3. The molecule has 3 aromatic rings. The van der Waals surface area contributed by atoms with Gasteiger partial charge in [0.15, 0.2) is 34.7 Å². The SMILES string of the molecule is CCCCCC1=CCC(c2ccc(C#Cc3cc4c(c(F)c3F)Oc3c(ccc(OCCC)c3F)C4)c(F)c2F)OC1. The van der Waals surface area contributed by atoms with Gasteiger partial charge in [-0.1, -0.05) is 56.7 Å². The van der Waals surface area contributed by atoms with Crippen molar-refractivity contribution in [2.75, 3.05) is 13.2 Å². The number of hydrogen-bond acceptors (Lipinski definition) is 3. The summed E-state index contributed by atoms with van der Waals surface area (Å²) in [5.74, 6) is -1.61. The van der Waals surface area contributed by atoms with Gasteiger partial charge in [0, 0.05) is 23.1 Å². The summed E-state index contributed by atoms with van der Waals surface area (Å²) in [5, 5.41) is 0. The molecule has 2 heterocycles. The maximum atomic E-state index is 15.0. The minimum Gasteiger partial charge on any atom is -0.490 e. The van der Waals surface area contributed by atoms with Crippen LogP contribution in [0.2, 0.25) is 0 Å². The van der Waals surface area contributed by atoms with Gasteiger partial charge in [-0.25, -0.2) is 13.2 Å². The monoisotopic (exact) mass is 582 g/mol. The van der Waals surface area contributed by atoms with Crippen LogP contribution in [0.4, 0.5) is 22.0 Å². The Bertz CT molecular complexity index is 1580. The zero-order valence-electron chi connectivity index (χ0n) is 23.5. The molecule has 0 aromatic heterocycles. The number of halogens is 5. The van der Waals surface area contributed by atoms with Gasteiger partial charge in [0.05, 0.1) is 30.4 Å². The van der Waals surface area contributed by atoms with Crippen molar-refractivity contribution in [3.8, 4) is 29.1 Å². The molecule has 0 amide bonds. The highest BCUT2D eigenvalue weighted by Crippen LogP contribution is 2.43. The lowest BCUT2D eigenvalue weighted by atomic mass is 9.97. The fraction of sp³-hybridized carbons (Fsp3) is 0.353.